The number of rotatable bonds is 16. The first kappa shape index (κ1) is 29.3. The summed E-state index contributed by atoms with van der Waals surface area (Å²) >= 11 is 0. The van der Waals surface area contributed by atoms with Gasteiger partial charge in [-0.2, -0.15) is 0 Å². The summed E-state index contributed by atoms with van der Waals surface area (Å²) in [5.74, 6) is -1.74. The van der Waals surface area contributed by atoms with Crippen LogP contribution in [-0.4, -0.2) is 17.0 Å². The van der Waals surface area contributed by atoms with Crippen LogP contribution in [0.15, 0.2) is 0 Å². The van der Waals surface area contributed by atoms with Gasteiger partial charge < -0.3 is 15.0 Å². The Labute approximate surface area is 167 Å². The van der Waals surface area contributed by atoms with E-state index in [4.69, 9.17) is 15.0 Å². The number of unbranched alkanes of at least 4 members (excludes halogenated alkanes) is 14. The molecule has 0 aromatic rings. The van der Waals surface area contributed by atoms with Crippen molar-refractivity contribution in [3.05, 3.63) is 0 Å². The van der Waals surface area contributed by atoms with Gasteiger partial charge in [0.25, 0.3) is 0 Å². The maximum Gasteiger partial charge on any atom is 0.303 e. The Hall–Kier alpha value is -0.437. The van der Waals surface area contributed by atoms with Crippen molar-refractivity contribution >= 4 is 11.9 Å². The van der Waals surface area contributed by atoms with Crippen LogP contribution in [0.1, 0.15) is 117 Å². The van der Waals surface area contributed by atoms with Gasteiger partial charge in [-0.05, 0) is 13.3 Å². The van der Waals surface area contributed by atoms with Crippen molar-refractivity contribution in [2.24, 2.45) is 0 Å². The predicted molar refractivity (Wildman–Crippen MR) is 97.9 cm³/mol. The summed E-state index contributed by atoms with van der Waals surface area (Å²) in [5.41, 5.74) is 0. The molecular weight excluding hydrogens is 370 g/mol. The standard InChI is InChI=1S/C18H36O2.C2H4O2.Zn/c1-2-3-4-5-6-7-8-9-10-11-12-13-14-15-16-17-18(19)20;1-2(3)4;/h2-17H2,1H3,(H,19,20);1H3,(H,3,4);/p-1. The Kier molecular flexibility index (Phi) is 30.3. The van der Waals surface area contributed by atoms with Crippen LogP contribution in [0.2, 0.25) is 0 Å². The number of aliphatic carboxylic acids is 2. The first-order valence-corrected chi connectivity index (χ1v) is 9.90. The van der Waals surface area contributed by atoms with Crippen LogP contribution in [0.3, 0.4) is 0 Å². The minimum absolute atomic E-state index is 0. The summed E-state index contributed by atoms with van der Waals surface area (Å²) < 4.78 is 0. The number of carboxylic acids is 2. The molecular formula is C20H39O4Zn-. The number of carboxylic acid groups (broad SMARTS) is 2. The first-order chi connectivity index (χ1) is 11.5. The third kappa shape index (κ3) is 39.9. The van der Waals surface area contributed by atoms with Crippen molar-refractivity contribution in [3.8, 4) is 0 Å². The zero-order valence-corrected chi connectivity index (χ0v) is 19.7. The summed E-state index contributed by atoms with van der Waals surface area (Å²) in [6.07, 6.45) is 20.2. The minimum atomic E-state index is -1.08. The Bertz CT molecular complexity index is 279. The molecule has 1 N–H and O–H groups in total. The molecule has 0 amide bonds. The third-order valence-electron chi connectivity index (χ3n) is 3.99. The molecule has 0 heterocycles. The van der Waals surface area contributed by atoms with Crippen molar-refractivity contribution < 1.29 is 39.3 Å². The molecule has 25 heavy (non-hydrogen) atoms. The quantitative estimate of drug-likeness (QED) is 0.285. The fourth-order valence-corrected chi connectivity index (χ4v) is 2.65. The second-order valence-electron chi connectivity index (χ2n) is 6.59. The molecule has 0 aromatic carbocycles. The molecule has 0 atom stereocenters. The smallest absolute Gasteiger partial charge is 0.303 e. The molecule has 0 aliphatic rings. The normalized spacial score (nSPS) is 9.68. The molecule has 0 aliphatic heterocycles. The molecule has 0 bridgehead atoms. The van der Waals surface area contributed by atoms with Gasteiger partial charge in [0, 0.05) is 31.9 Å². The van der Waals surface area contributed by atoms with Crippen LogP contribution in [-0.2, 0) is 29.1 Å². The van der Waals surface area contributed by atoms with Crippen LogP contribution in [0.25, 0.3) is 0 Å². The number of carbonyl (C=O) groups excluding carboxylic acids is 1. The third-order valence-corrected chi connectivity index (χ3v) is 3.99. The first-order valence-electron chi connectivity index (χ1n) is 9.90. The average molecular weight is 409 g/mol. The van der Waals surface area contributed by atoms with E-state index in [2.05, 4.69) is 6.92 Å². The Balaban J connectivity index is -0.000000867. The maximum absolute atomic E-state index is 10.3. The molecule has 0 aromatic heterocycles. The second kappa shape index (κ2) is 25.8. The molecule has 0 saturated carbocycles. The maximum atomic E-state index is 10.3. The molecule has 0 rings (SSSR count). The van der Waals surface area contributed by atoms with Gasteiger partial charge in [0.15, 0.2) is 0 Å². The van der Waals surface area contributed by atoms with Gasteiger partial charge >= 0.3 is 5.97 Å². The van der Waals surface area contributed by atoms with Gasteiger partial charge in [-0.15, -0.1) is 0 Å². The molecule has 0 fully saturated rings. The van der Waals surface area contributed by atoms with Crippen LogP contribution in [0.5, 0.6) is 0 Å². The Morgan fingerprint density at radius 1 is 0.680 bits per heavy atom. The Morgan fingerprint density at radius 2 is 0.920 bits per heavy atom. The van der Waals surface area contributed by atoms with Crippen molar-refractivity contribution in [1.82, 2.24) is 0 Å². The van der Waals surface area contributed by atoms with Gasteiger partial charge in [0.05, 0.1) is 0 Å². The molecule has 4 nitrogen and oxygen atoms in total. The molecule has 0 spiro atoms. The minimum Gasteiger partial charge on any atom is -0.550 e. The van der Waals surface area contributed by atoms with E-state index in [1.54, 1.807) is 0 Å². The molecule has 5 heteroatoms. The van der Waals surface area contributed by atoms with Crippen LogP contribution in [0, 0.1) is 0 Å². The van der Waals surface area contributed by atoms with E-state index in [0.717, 1.165) is 19.8 Å². The van der Waals surface area contributed by atoms with Crippen molar-refractivity contribution in [2.75, 3.05) is 0 Å². The largest absolute Gasteiger partial charge is 0.550 e. The van der Waals surface area contributed by atoms with E-state index in [-0.39, 0.29) is 19.5 Å². The number of hydrogen-bond donors (Lipinski definition) is 1. The van der Waals surface area contributed by atoms with Gasteiger partial charge in [-0.3, -0.25) is 4.79 Å². The zero-order chi connectivity index (χ0) is 18.5. The molecule has 146 valence electrons. The Morgan fingerprint density at radius 3 is 1.16 bits per heavy atom. The fourth-order valence-electron chi connectivity index (χ4n) is 2.65. The second-order valence-corrected chi connectivity index (χ2v) is 6.59. The van der Waals surface area contributed by atoms with Crippen LogP contribution < -0.4 is 5.11 Å². The molecule has 0 unspecified atom stereocenters. The molecule has 0 aliphatic carbocycles. The topological polar surface area (TPSA) is 77.4 Å². The van der Waals surface area contributed by atoms with E-state index in [1.165, 1.54) is 83.5 Å². The van der Waals surface area contributed by atoms with E-state index >= 15 is 0 Å². The summed E-state index contributed by atoms with van der Waals surface area (Å²) in [4.78, 5) is 19.2. The molecule has 0 saturated heterocycles. The summed E-state index contributed by atoms with van der Waals surface area (Å²) in [7, 11) is 0. The van der Waals surface area contributed by atoms with Crippen molar-refractivity contribution in [1.29, 1.82) is 0 Å². The molecule has 0 radical (unpaired) electrons. The van der Waals surface area contributed by atoms with Crippen LogP contribution >= 0.6 is 0 Å². The summed E-state index contributed by atoms with van der Waals surface area (Å²) in [6.45, 7) is 3.24. The van der Waals surface area contributed by atoms with E-state index < -0.39 is 11.9 Å². The van der Waals surface area contributed by atoms with Crippen LogP contribution in [0.4, 0.5) is 0 Å². The summed E-state index contributed by atoms with van der Waals surface area (Å²) in [6, 6.07) is 0. The van der Waals surface area contributed by atoms with E-state index in [9.17, 15) is 4.79 Å². The number of hydrogen-bond acceptors (Lipinski definition) is 3. The van der Waals surface area contributed by atoms with Gasteiger partial charge in [-0.1, -0.05) is 96.8 Å². The zero-order valence-electron chi connectivity index (χ0n) is 16.7. The van der Waals surface area contributed by atoms with Gasteiger partial charge in [-0.25, -0.2) is 0 Å². The van der Waals surface area contributed by atoms with Crippen molar-refractivity contribution in [2.45, 2.75) is 117 Å². The van der Waals surface area contributed by atoms with E-state index in [0.29, 0.717) is 6.42 Å². The van der Waals surface area contributed by atoms with Gasteiger partial charge in [0.1, 0.15) is 0 Å². The fraction of sp³-hybridized carbons (Fsp3) is 0.900. The predicted octanol–water partition coefficient (Wildman–Crippen LogP) is 5.09. The van der Waals surface area contributed by atoms with Gasteiger partial charge in [0.2, 0.25) is 0 Å². The number of carbonyl (C=O) groups is 2. The average Bonchev–Trinajstić information content (AvgIpc) is 2.50. The SMILES string of the molecule is CC(=O)[O-].CCCCCCCCCCCCCCCCCC(=O)O.[Zn]. The monoisotopic (exact) mass is 407 g/mol. The van der Waals surface area contributed by atoms with E-state index in [1.807, 2.05) is 0 Å². The van der Waals surface area contributed by atoms with Crippen molar-refractivity contribution in [3.63, 3.8) is 0 Å². The summed E-state index contributed by atoms with van der Waals surface area (Å²) in [5, 5.41) is 17.4.